The summed E-state index contributed by atoms with van der Waals surface area (Å²) < 4.78 is 28.5. The lowest BCUT2D eigenvalue weighted by Gasteiger charge is -2.24. The van der Waals surface area contributed by atoms with Gasteiger partial charge in [-0.05, 0) is 54.8 Å². The Morgan fingerprint density at radius 2 is 1.81 bits per heavy atom. The van der Waals surface area contributed by atoms with Gasteiger partial charge in [-0.2, -0.15) is 9.78 Å². The smallest absolute Gasteiger partial charge is 0.435 e. The molecule has 0 atom stereocenters. The summed E-state index contributed by atoms with van der Waals surface area (Å²) in [5.74, 6) is -0.174. The van der Waals surface area contributed by atoms with Gasteiger partial charge in [0.15, 0.2) is 0 Å². The molecule has 1 aliphatic heterocycles. The molecule has 0 saturated carbocycles. The van der Waals surface area contributed by atoms with Crippen molar-refractivity contribution in [3.8, 4) is 5.69 Å². The first-order valence-corrected chi connectivity index (χ1v) is 12.2. The summed E-state index contributed by atoms with van der Waals surface area (Å²) in [6.45, 7) is 1.56. The van der Waals surface area contributed by atoms with E-state index >= 15 is 0 Å². The number of rotatable bonds is 4. The fourth-order valence-electron chi connectivity index (χ4n) is 4.88. The monoisotopic (exact) mass is 503 g/mol. The average Bonchev–Trinajstić information content (AvgIpc) is 3.49. The van der Waals surface area contributed by atoms with Crippen LogP contribution in [0.5, 0.6) is 0 Å². The van der Waals surface area contributed by atoms with E-state index in [0.717, 1.165) is 46.1 Å². The molecular weight excluding hydrogens is 481 g/mol. The highest BCUT2D eigenvalue weighted by Crippen LogP contribution is 2.36. The minimum absolute atomic E-state index is 0.0716. The van der Waals surface area contributed by atoms with Crippen molar-refractivity contribution in [1.82, 2.24) is 14.3 Å². The van der Waals surface area contributed by atoms with E-state index in [-0.39, 0.29) is 17.5 Å². The van der Waals surface area contributed by atoms with Crippen LogP contribution in [0.1, 0.15) is 30.0 Å². The molecule has 5 aromatic rings. The van der Waals surface area contributed by atoms with Gasteiger partial charge >= 0.3 is 6.09 Å². The Balaban J connectivity index is 1.43. The van der Waals surface area contributed by atoms with Gasteiger partial charge in [-0.15, -0.1) is 0 Å². The van der Waals surface area contributed by atoms with Crippen molar-refractivity contribution in [3.05, 3.63) is 95.0 Å². The molecule has 0 radical (unpaired) electrons. The van der Waals surface area contributed by atoms with Gasteiger partial charge in [-0.25, -0.2) is 9.18 Å². The summed E-state index contributed by atoms with van der Waals surface area (Å²) in [6.07, 6.45) is 2.90. The predicted molar refractivity (Wildman–Crippen MR) is 136 cm³/mol. The number of nitrogens with zero attached hydrogens (tertiary/aromatic N) is 3. The lowest BCUT2D eigenvalue weighted by Crippen LogP contribution is -2.16. The number of halogens is 2. The van der Waals surface area contributed by atoms with Gasteiger partial charge in [0.2, 0.25) is 0 Å². The van der Waals surface area contributed by atoms with Crippen LogP contribution in [-0.4, -0.2) is 33.7 Å². The zero-order chi connectivity index (χ0) is 24.6. The lowest BCUT2D eigenvalue weighted by atomic mass is 9.96. The summed E-state index contributed by atoms with van der Waals surface area (Å²) in [5.41, 5.74) is 4.39. The molecule has 0 amide bonds. The molecular formula is C28H23ClFN3O3. The lowest BCUT2D eigenvalue weighted by molar-refractivity contribution is 0.0842. The molecule has 6 rings (SSSR count). The first-order chi connectivity index (χ1) is 17.6. The molecule has 36 heavy (non-hydrogen) atoms. The fraction of sp³-hybridized carbons (Fsp3) is 0.214. The maximum absolute atomic E-state index is 14.0. The van der Waals surface area contributed by atoms with Crippen molar-refractivity contribution in [2.45, 2.75) is 25.4 Å². The van der Waals surface area contributed by atoms with Crippen LogP contribution in [0, 0.1) is 5.82 Å². The van der Waals surface area contributed by atoms with Crippen LogP contribution < -0.4 is 0 Å². The SMILES string of the molecule is O=C(OCc1ccccc1)n1ncc2cc3c(cc(C4CCOCC4)n3-c3ccc(F)c(Cl)c3)cc21. The number of carbonyl (C=O) groups is 1. The highest BCUT2D eigenvalue weighted by atomic mass is 35.5. The molecule has 0 N–H and O–H groups in total. The molecule has 0 bridgehead atoms. The van der Waals surface area contributed by atoms with E-state index in [2.05, 4.69) is 15.7 Å². The number of carbonyl (C=O) groups excluding carboxylic acids is 1. The zero-order valence-corrected chi connectivity index (χ0v) is 20.1. The second-order valence-electron chi connectivity index (χ2n) is 8.96. The third-order valence-corrected chi connectivity index (χ3v) is 6.99. The van der Waals surface area contributed by atoms with Crippen LogP contribution in [-0.2, 0) is 16.1 Å². The number of aromatic nitrogens is 3. The third kappa shape index (κ3) is 4.14. The second-order valence-corrected chi connectivity index (χ2v) is 9.36. The van der Waals surface area contributed by atoms with Crippen LogP contribution >= 0.6 is 11.6 Å². The summed E-state index contributed by atoms with van der Waals surface area (Å²) in [5, 5.41) is 6.11. The number of fused-ring (bicyclic) bond motifs is 2. The largest absolute Gasteiger partial charge is 0.443 e. The summed E-state index contributed by atoms with van der Waals surface area (Å²) in [6, 6.07) is 20.4. The van der Waals surface area contributed by atoms with Crippen LogP contribution in [0.2, 0.25) is 5.02 Å². The molecule has 1 saturated heterocycles. The van der Waals surface area contributed by atoms with Crippen LogP contribution in [0.4, 0.5) is 9.18 Å². The van der Waals surface area contributed by atoms with E-state index in [1.165, 1.54) is 10.7 Å². The Bertz CT molecular complexity index is 1570. The van der Waals surface area contributed by atoms with Gasteiger partial charge in [0.25, 0.3) is 0 Å². The minimum Gasteiger partial charge on any atom is -0.443 e. The molecule has 6 nitrogen and oxygen atoms in total. The van der Waals surface area contributed by atoms with Crippen LogP contribution in [0.25, 0.3) is 27.5 Å². The van der Waals surface area contributed by atoms with E-state index in [9.17, 15) is 9.18 Å². The predicted octanol–water partition coefficient (Wildman–Crippen LogP) is 6.85. The Morgan fingerprint density at radius 3 is 2.58 bits per heavy atom. The molecule has 182 valence electrons. The van der Waals surface area contributed by atoms with E-state index in [4.69, 9.17) is 21.1 Å². The van der Waals surface area contributed by atoms with E-state index in [1.54, 1.807) is 18.3 Å². The van der Waals surface area contributed by atoms with Crippen LogP contribution in [0.3, 0.4) is 0 Å². The number of hydrogen-bond acceptors (Lipinski definition) is 4. The van der Waals surface area contributed by atoms with E-state index in [0.29, 0.717) is 18.7 Å². The highest BCUT2D eigenvalue weighted by molar-refractivity contribution is 6.30. The molecule has 8 heteroatoms. The van der Waals surface area contributed by atoms with E-state index in [1.807, 2.05) is 42.5 Å². The summed E-state index contributed by atoms with van der Waals surface area (Å²) in [4.78, 5) is 12.8. The van der Waals surface area contributed by atoms with Gasteiger partial charge in [-0.1, -0.05) is 41.9 Å². The van der Waals surface area contributed by atoms with Crippen molar-refractivity contribution in [1.29, 1.82) is 0 Å². The molecule has 1 aliphatic rings. The van der Waals surface area contributed by atoms with Gasteiger partial charge in [0.1, 0.15) is 12.4 Å². The molecule has 3 heterocycles. The van der Waals surface area contributed by atoms with Gasteiger partial charge in [0.05, 0.1) is 22.3 Å². The first kappa shape index (κ1) is 22.8. The Labute approximate surface area is 211 Å². The van der Waals surface area contributed by atoms with Gasteiger partial charge in [-0.3, -0.25) is 0 Å². The summed E-state index contributed by atoms with van der Waals surface area (Å²) in [7, 11) is 0. The van der Waals surface area contributed by atoms with Crippen LogP contribution in [0.15, 0.2) is 72.9 Å². The molecule has 0 aliphatic carbocycles. The number of hydrogen-bond donors (Lipinski definition) is 0. The average molecular weight is 504 g/mol. The van der Waals surface area contributed by atoms with Gasteiger partial charge < -0.3 is 14.0 Å². The topological polar surface area (TPSA) is 58.3 Å². The van der Waals surface area contributed by atoms with Crippen molar-refractivity contribution in [3.63, 3.8) is 0 Å². The molecule has 2 aromatic heterocycles. The van der Waals surface area contributed by atoms with Crippen molar-refractivity contribution >= 4 is 39.5 Å². The molecule has 1 fully saturated rings. The minimum atomic E-state index is -0.539. The Kier molecular flexibility index (Phi) is 5.95. The van der Waals surface area contributed by atoms with Crippen molar-refractivity contribution < 1.29 is 18.7 Å². The standard InChI is InChI=1S/C28H23ClFN3O3/c29-23-15-22(6-7-24(23)30)32-25(19-8-10-35-11-9-19)12-20-13-27-21(14-26(20)32)16-31-33(27)28(34)36-17-18-4-2-1-3-5-18/h1-7,12-16,19H,8-11,17H2. The molecule has 0 unspecified atom stereocenters. The maximum atomic E-state index is 14.0. The van der Waals surface area contributed by atoms with Crippen molar-refractivity contribution in [2.75, 3.05) is 13.2 Å². The molecule has 0 spiro atoms. The van der Waals surface area contributed by atoms with E-state index < -0.39 is 11.9 Å². The quantitative estimate of drug-likeness (QED) is 0.269. The number of benzene rings is 3. The Hall–Kier alpha value is -3.68. The highest BCUT2D eigenvalue weighted by Gasteiger charge is 2.24. The third-order valence-electron chi connectivity index (χ3n) is 6.70. The number of ether oxygens (including phenoxy) is 2. The fourth-order valence-corrected chi connectivity index (χ4v) is 5.06. The molecule has 3 aromatic carbocycles. The first-order valence-electron chi connectivity index (χ1n) is 11.9. The maximum Gasteiger partial charge on any atom is 0.435 e. The van der Waals surface area contributed by atoms with Crippen molar-refractivity contribution in [2.24, 2.45) is 0 Å². The summed E-state index contributed by atoms with van der Waals surface area (Å²) >= 11 is 6.15. The Morgan fingerprint density at radius 1 is 1.03 bits per heavy atom. The second kappa shape index (κ2) is 9.41. The zero-order valence-electron chi connectivity index (χ0n) is 19.4. The normalized spacial score (nSPS) is 14.5. The van der Waals surface area contributed by atoms with Gasteiger partial charge in [0, 0.05) is 41.3 Å².